The molecule has 7 nitrogen and oxygen atoms in total. The molecule has 0 bridgehead atoms. The van der Waals surface area contributed by atoms with Crippen LogP contribution in [0.3, 0.4) is 0 Å². The minimum Gasteiger partial charge on any atom is -0.380 e. The van der Waals surface area contributed by atoms with Gasteiger partial charge in [-0.2, -0.15) is 0 Å². The molecule has 0 heterocycles. The lowest BCUT2D eigenvalue weighted by atomic mass is 10.2. The molecule has 92 valence electrons. The topological polar surface area (TPSA) is 135 Å². The Morgan fingerprint density at radius 2 is 1.67 bits per heavy atom. The molecule has 9 heteroatoms. The molecule has 0 saturated carbocycles. The van der Waals surface area contributed by atoms with Crippen molar-refractivity contribution in [3.63, 3.8) is 0 Å². The number of unbranched alkanes of at least 4 members (excludes halogenated alkanes) is 2. The van der Waals surface area contributed by atoms with E-state index in [-0.39, 0.29) is 6.42 Å². The lowest BCUT2D eigenvalue weighted by Gasteiger charge is -2.10. The molecule has 0 fully saturated rings. The summed E-state index contributed by atoms with van der Waals surface area (Å²) in [7, 11) is -7.11. The van der Waals surface area contributed by atoms with Gasteiger partial charge in [0.25, 0.3) is 0 Å². The van der Waals surface area contributed by atoms with Gasteiger partial charge in [0.15, 0.2) is 5.85 Å². The number of hydrogen-bond donors (Lipinski definition) is 5. The fourth-order valence-electron chi connectivity index (χ4n) is 0.745. The van der Waals surface area contributed by atoms with E-state index in [4.69, 9.17) is 29.2 Å². The fraction of sp³-hybridized carbons (Fsp3) is 1.00. The van der Waals surface area contributed by atoms with Gasteiger partial charge in [-0.15, -0.1) is 9.79 Å². The molecule has 0 radical (unpaired) electrons. The first-order valence-electron chi connectivity index (χ1n) is 4.30. The van der Waals surface area contributed by atoms with Crippen LogP contribution in [0.15, 0.2) is 0 Å². The molecule has 0 aromatic carbocycles. The molecular formula is C6H17O7P2+. The van der Waals surface area contributed by atoms with Crippen molar-refractivity contribution in [1.29, 1.82) is 0 Å². The molecular weight excluding hydrogens is 246 g/mol. The van der Waals surface area contributed by atoms with Gasteiger partial charge in [0.2, 0.25) is 0 Å². The van der Waals surface area contributed by atoms with E-state index < -0.39 is 21.7 Å². The van der Waals surface area contributed by atoms with Gasteiger partial charge in [-0.25, -0.2) is 0 Å². The largest absolute Gasteiger partial charge is 0.692 e. The van der Waals surface area contributed by atoms with Crippen LogP contribution >= 0.6 is 15.9 Å². The molecule has 0 spiro atoms. The molecule has 1 unspecified atom stereocenters. The molecule has 0 amide bonds. The molecule has 0 aliphatic heterocycles. The Balaban J connectivity index is 0. The van der Waals surface area contributed by atoms with E-state index in [2.05, 4.69) is 0 Å². The van der Waals surface area contributed by atoms with Crippen LogP contribution in [0.2, 0.25) is 0 Å². The van der Waals surface area contributed by atoms with Crippen LogP contribution in [0, 0.1) is 0 Å². The van der Waals surface area contributed by atoms with Crippen molar-refractivity contribution < 1.29 is 33.8 Å². The minimum absolute atomic E-state index is 0.193. The number of aliphatic hydroxyl groups excluding tert-OH is 1. The summed E-state index contributed by atoms with van der Waals surface area (Å²) in [6.07, 6.45) is 2.74. The van der Waals surface area contributed by atoms with Crippen molar-refractivity contribution in [2.75, 3.05) is 0 Å². The van der Waals surface area contributed by atoms with Gasteiger partial charge in [0.05, 0.1) is 0 Å². The van der Waals surface area contributed by atoms with Gasteiger partial charge >= 0.3 is 15.9 Å². The van der Waals surface area contributed by atoms with E-state index in [1.165, 1.54) is 0 Å². The molecule has 0 aromatic rings. The Hall–Kier alpha value is 0.130. The van der Waals surface area contributed by atoms with E-state index in [9.17, 15) is 4.57 Å². The summed E-state index contributed by atoms with van der Waals surface area (Å²) in [6, 6.07) is 0. The maximum atomic E-state index is 10.4. The second-order valence-electron chi connectivity index (χ2n) is 2.82. The Bertz CT molecular complexity index is 210. The summed E-state index contributed by atoms with van der Waals surface area (Å²) in [6.45, 7) is 1.99. The summed E-state index contributed by atoms with van der Waals surface area (Å²) >= 11 is 0. The third kappa shape index (κ3) is 16.8. The van der Waals surface area contributed by atoms with Gasteiger partial charge in [-0.05, 0) is 6.42 Å². The molecule has 0 aromatic heterocycles. The van der Waals surface area contributed by atoms with E-state index in [0.717, 1.165) is 12.8 Å². The Labute approximate surface area is 88.9 Å². The Morgan fingerprint density at radius 3 is 1.93 bits per heavy atom. The van der Waals surface area contributed by atoms with Crippen LogP contribution in [0.1, 0.15) is 32.6 Å². The smallest absolute Gasteiger partial charge is 0.380 e. The highest BCUT2D eigenvalue weighted by Crippen LogP contribution is 2.41. The van der Waals surface area contributed by atoms with Crippen molar-refractivity contribution in [3.8, 4) is 0 Å². The zero-order valence-electron chi connectivity index (χ0n) is 8.35. The van der Waals surface area contributed by atoms with Crippen molar-refractivity contribution in [2.24, 2.45) is 0 Å². The molecule has 0 aliphatic carbocycles. The van der Waals surface area contributed by atoms with Crippen molar-refractivity contribution >= 4 is 15.9 Å². The fourth-order valence-corrected chi connectivity index (χ4v) is 1.26. The van der Waals surface area contributed by atoms with Gasteiger partial charge in [0.1, 0.15) is 0 Å². The van der Waals surface area contributed by atoms with Crippen LogP contribution in [0.25, 0.3) is 0 Å². The predicted octanol–water partition coefficient (Wildman–Crippen LogP) is 0.691. The molecule has 15 heavy (non-hydrogen) atoms. The molecule has 0 rings (SSSR count). The first kappa shape index (κ1) is 17.5. The highest BCUT2D eigenvalue weighted by Gasteiger charge is 2.24. The predicted molar refractivity (Wildman–Crippen MR) is 54.2 cm³/mol. The number of rotatable bonds is 5. The molecule has 1 atom stereocenters. The normalized spacial score (nSPS) is 12.7. The van der Waals surface area contributed by atoms with Crippen molar-refractivity contribution in [1.82, 2.24) is 0 Å². The van der Waals surface area contributed by atoms with Gasteiger partial charge in [0, 0.05) is 4.57 Å². The van der Waals surface area contributed by atoms with Crippen molar-refractivity contribution in [3.05, 3.63) is 0 Å². The van der Waals surface area contributed by atoms with Crippen LogP contribution < -0.4 is 0 Å². The molecule has 5 N–H and O–H groups in total. The van der Waals surface area contributed by atoms with Crippen LogP contribution in [-0.2, 0) is 9.13 Å². The van der Waals surface area contributed by atoms with Crippen LogP contribution in [0.5, 0.6) is 0 Å². The molecule has 0 aliphatic rings. The lowest BCUT2D eigenvalue weighted by molar-refractivity contribution is 0.190. The van der Waals surface area contributed by atoms with E-state index in [0.29, 0.717) is 6.42 Å². The summed E-state index contributed by atoms with van der Waals surface area (Å²) in [4.78, 5) is 31.1. The second-order valence-corrected chi connectivity index (χ2v) is 5.10. The van der Waals surface area contributed by atoms with Crippen molar-refractivity contribution in [2.45, 2.75) is 38.5 Å². The Morgan fingerprint density at radius 1 is 1.27 bits per heavy atom. The third-order valence-corrected chi connectivity index (χ3v) is 2.49. The number of aliphatic hydroxyl groups is 1. The summed E-state index contributed by atoms with van der Waals surface area (Å²) in [5, 5.41) is 8.85. The summed E-state index contributed by atoms with van der Waals surface area (Å²) < 4.78 is 19.1. The first-order valence-corrected chi connectivity index (χ1v) is 7.14. The van der Waals surface area contributed by atoms with Crippen LogP contribution in [0.4, 0.5) is 0 Å². The SMILES string of the molecule is CCCCCC(O)P(=O)(O)O.O=[P+](O)O. The Kier molecular flexibility index (Phi) is 10.9. The van der Waals surface area contributed by atoms with Crippen LogP contribution in [-0.4, -0.2) is 30.5 Å². The highest BCUT2D eigenvalue weighted by molar-refractivity contribution is 7.52. The second kappa shape index (κ2) is 9.36. The first-order chi connectivity index (χ1) is 6.71. The van der Waals surface area contributed by atoms with Gasteiger partial charge < -0.3 is 14.9 Å². The van der Waals surface area contributed by atoms with Gasteiger partial charge in [-0.3, -0.25) is 4.57 Å². The van der Waals surface area contributed by atoms with Gasteiger partial charge in [-0.1, -0.05) is 26.2 Å². The quantitative estimate of drug-likeness (QED) is 0.363. The zero-order chi connectivity index (χ0) is 12.5. The van der Waals surface area contributed by atoms with E-state index >= 15 is 0 Å². The molecule has 0 saturated heterocycles. The zero-order valence-corrected chi connectivity index (χ0v) is 10.1. The van der Waals surface area contributed by atoms with E-state index in [1.54, 1.807) is 0 Å². The lowest BCUT2D eigenvalue weighted by Crippen LogP contribution is -2.06. The number of hydrogen-bond acceptors (Lipinski definition) is 3. The summed E-state index contributed by atoms with van der Waals surface area (Å²) in [5.41, 5.74) is 0. The average Bonchev–Trinajstić information content (AvgIpc) is 2.01. The third-order valence-electron chi connectivity index (χ3n) is 1.45. The minimum atomic E-state index is -4.24. The highest BCUT2D eigenvalue weighted by atomic mass is 31.2. The maximum absolute atomic E-state index is 10.4. The standard InChI is InChI=1S/C6H15O4P.HO3P/c1-2-3-4-5-6(7)11(8,9)10;1-4(2)3/h6-7H,2-5H2,1H3,(H2,8,9,10);(H-,1,2,3)/p+1. The average molecular weight is 263 g/mol. The monoisotopic (exact) mass is 263 g/mol. The maximum Gasteiger partial charge on any atom is 0.692 e. The summed E-state index contributed by atoms with van der Waals surface area (Å²) in [5.74, 6) is -1.46. The van der Waals surface area contributed by atoms with E-state index in [1.807, 2.05) is 6.92 Å².